The van der Waals surface area contributed by atoms with Crippen molar-refractivity contribution in [2.24, 2.45) is 5.73 Å². The lowest BCUT2D eigenvalue weighted by molar-refractivity contribution is 0.227. The number of likely N-dealkylation sites (N-methyl/N-ethyl adjacent to an activating group) is 2. The first kappa shape index (κ1) is 18.9. The average Bonchev–Trinajstić information content (AvgIpc) is 2.54. The lowest BCUT2D eigenvalue weighted by Gasteiger charge is -2.32. The summed E-state index contributed by atoms with van der Waals surface area (Å²) >= 11 is 0. The molecule has 2 N–H and O–H groups in total. The second-order valence-electron chi connectivity index (χ2n) is 5.72. The van der Waals surface area contributed by atoms with Crippen molar-refractivity contribution in [3.8, 4) is 0 Å². The number of rotatable bonds is 11. The van der Waals surface area contributed by atoms with Crippen molar-refractivity contribution in [2.75, 3.05) is 50.7 Å². The Labute approximate surface area is 136 Å². The van der Waals surface area contributed by atoms with Crippen LogP contribution >= 0.6 is 0 Å². The molecule has 0 saturated carbocycles. The van der Waals surface area contributed by atoms with Gasteiger partial charge >= 0.3 is 0 Å². The zero-order valence-electron chi connectivity index (χ0n) is 14.8. The van der Waals surface area contributed by atoms with Gasteiger partial charge in [-0.2, -0.15) is 0 Å². The lowest BCUT2D eigenvalue weighted by atomic mass is 10.2. The number of anilines is 1. The van der Waals surface area contributed by atoms with Crippen LogP contribution in [0.3, 0.4) is 0 Å². The molecule has 0 spiro atoms. The van der Waals surface area contributed by atoms with Crippen LogP contribution in [-0.4, -0.2) is 61.8 Å². The Hall–Kier alpha value is -1.10. The monoisotopic (exact) mass is 306 g/mol. The molecule has 4 nitrogen and oxygen atoms in total. The van der Waals surface area contributed by atoms with Crippen LogP contribution in [0, 0.1) is 0 Å². The van der Waals surface area contributed by atoms with Crippen molar-refractivity contribution in [1.29, 1.82) is 0 Å². The SMILES string of the molecule is CCN(CC)CCN(CCN(CC)C(C)N)c1ccccc1. The standard InChI is InChI=1S/C18H34N4/c1-5-20(6-2)13-14-22(18-11-9-8-10-12-18)16-15-21(7-3)17(4)19/h8-12,17H,5-7,13-16,19H2,1-4H3. The molecule has 0 heterocycles. The van der Waals surface area contributed by atoms with Crippen LogP contribution in [0.25, 0.3) is 0 Å². The molecule has 0 aromatic heterocycles. The summed E-state index contributed by atoms with van der Waals surface area (Å²) in [7, 11) is 0. The first-order valence-electron chi connectivity index (χ1n) is 8.64. The molecule has 1 unspecified atom stereocenters. The minimum Gasteiger partial charge on any atom is -0.369 e. The molecular weight excluding hydrogens is 272 g/mol. The third-order valence-electron chi connectivity index (χ3n) is 4.34. The predicted molar refractivity (Wildman–Crippen MR) is 97.3 cm³/mol. The number of hydrogen-bond donors (Lipinski definition) is 1. The highest BCUT2D eigenvalue weighted by atomic mass is 15.3. The van der Waals surface area contributed by atoms with E-state index in [-0.39, 0.29) is 6.17 Å². The van der Waals surface area contributed by atoms with E-state index in [1.54, 1.807) is 0 Å². The summed E-state index contributed by atoms with van der Waals surface area (Å²) in [5.74, 6) is 0. The molecule has 1 atom stereocenters. The summed E-state index contributed by atoms with van der Waals surface area (Å²) in [5.41, 5.74) is 7.34. The molecule has 0 bridgehead atoms. The van der Waals surface area contributed by atoms with Gasteiger partial charge in [0, 0.05) is 31.9 Å². The molecule has 0 aliphatic rings. The maximum absolute atomic E-state index is 6.04. The Bertz CT molecular complexity index is 376. The molecule has 126 valence electrons. The van der Waals surface area contributed by atoms with E-state index in [0.29, 0.717) is 0 Å². The van der Waals surface area contributed by atoms with Crippen molar-refractivity contribution in [3.05, 3.63) is 30.3 Å². The number of hydrogen-bond acceptors (Lipinski definition) is 4. The highest BCUT2D eigenvalue weighted by molar-refractivity contribution is 5.45. The van der Waals surface area contributed by atoms with E-state index < -0.39 is 0 Å². The van der Waals surface area contributed by atoms with Crippen molar-refractivity contribution < 1.29 is 0 Å². The fraction of sp³-hybridized carbons (Fsp3) is 0.667. The van der Waals surface area contributed by atoms with Crippen molar-refractivity contribution >= 4 is 5.69 Å². The van der Waals surface area contributed by atoms with Crippen molar-refractivity contribution in [2.45, 2.75) is 33.9 Å². The molecular formula is C18H34N4. The van der Waals surface area contributed by atoms with E-state index in [9.17, 15) is 0 Å². The van der Waals surface area contributed by atoms with Crippen LogP contribution in [0.2, 0.25) is 0 Å². The Morgan fingerprint density at radius 1 is 0.864 bits per heavy atom. The summed E-state index contributed by atoms with van der Waals surface area (Å²) in [6.45, 7) is 16.1. The Kier molecular flexibility index (Phi) is 9.13. The summed E-state index contributed by atoms with van der Waals surface area (Å²) in [5, 5.41) is 0. The van der Waals surface area contributed by atoms with Gasteiger partial charge in [0.2, 0.25) is 0 Å². The van der Waals surface area contributed by atoms with E-state index in [1.807, 2.05) is 0 Å². The maximum atomic E-state index is 6.04. The molecule has 1 aromatic carbocycles. The van der Waals surface area contributed by atoms with Gasteiger partial charge in [-0.15, -0.1) is 0 Å². The minimum absolute atomic E-state index is 0.116. The largest absolute Gasteiger partial charge is 0.369 e. The van der Waals surface area contributed by atoms with Crippen LogP contribution in [0.1, 0.15) is 27.7 Å². The Balaban J connectivity index is 2.66. The Morgan fingerprint density at radius 3 is 1.95 bits per heavy atom. The molecule has 0 fully saturated rings. The van der Waals surface area contributed by atoms with E-state index in [0.717, 1.165) is 45.8 Å². The zero-order valence-corrected chi connectivity index (χ0v) is 14.8. The van der Waals surface area contributed by atoms with E-state index in [1.165, 1.54) is 5.69 Å². The van der Waals surface area contributed by atoms with Gasteiger partial charge in [-0.25, -0.2) is 0 Å². The summed E-state index contributed by atoms with van der Waals surface area (Å²) in [6, 6.07) is 10.7. The van der Waals surface area contributed by atoms with Crippen molar-refractivity contribution in [3.63, 3.8) is 0 Å². The zero-order chi connectivity index (χ0) is 16.4. The van der Waals surface area contributed by atoms with Gasteiger partial charge in [0.1, 0.15) is 0 Å². The second-order valence-corrected chi connectivity index (χ2v) is 5.72. The van der Waals surface area contributed by atoms with Gasteiger partial charge in [0.25, 0.3) is 0 Å². The molecule has 0 saturated heterocycles. The first-order valence-corrected chi connectivity index (χ1v) is 8.64. The average molecular weight is 306 g/mol. The van der Waals surface area contributed by atoms with E-state index in [4.69, 9.17) is 5.73 Å². The summed E-state index contributed by atoms with van der Waals surface area (Å²) < 4.78 is 0. The normalized spacial score (nSPS) is 12.9. The number of para-hydroxylation sites is 1. The third-order valence-corrected chi connectivity index (χ3v) is 4.34. The maximum Gasteiger partial charge on any atom is 0.0543 e. The highest BCUT2D eigenvalue weighted by Gasteiger charge is 2.12. The van der Waals surface area contributed by atoms with E-state index in [2.05, 4.69) is 72.7 Å². The molecule has 1 aromatic rings. The number of nitrogens with zero attached hydrogens (tertiary/aromatic N) is 3. The highest BCUT2D eigenvalue weighted by Crippen LogP contribution is 2.13. The van der Waals surface area contributed by atoms with Gasteiger partial charge in [0.05, 0.1) is 6.17 Å². The Morgan fingerprint density at radius 2 is 1.45 bits per heavy atom. The topological polar surface area (TPSA) is 35.7 Å². The van der Waals surface area contributed by atoms with Gasteiger partial charge in [-0.3, -0.25) is 4.90 Å². The van der Waals surface area contributed by atoms with Crippen molar-refractivity contribution in [1.82, 2.24) is 9.80 Å². The molecule has 0 aliphatic carbocycles. The molecule has 1 rings (SSSR count). The van der Waals surface area contributed by atoms with Gasteiger partial charge in [-0.05, 0) is 38.7 Å². The van der Waals surface area contributed by atoms with Crippen LogP contribution < -0.4 is 10.6 Å². The quantitative estimate of drug-likeness (QED) is 0.637. The molecule has 22 heavy (non-hydrogen) atoms. The van der Waals surface area contributed by atoms with Gasteiger partial charge < -0.3 is 15.5 Å². The van der Waals surface area contributed by atoms with E-state index >= 15 is 0 Å². The number of nitrogens with two attached hydrogens (primary N) is 1. The second kappa shape index (κ2) is 10.6. The molecule has 4 heteroatoms. The fourth-order valence-corrected chi connectivity index (χ4v) is 2.71. The smallest absolute Gasteiger partial charge is 0.0543 e. The van der Waals surface area contributed by atoms with Crippen LogP contribution in [0.5, 0.6) is 0 Å². The fourth-order valence-electron chi connectivity index (χ4n) is 2.71. The number of benzene rings is 1. The third kappa shape index (κ3) is 6.34. The predicted octanol–water partition coefficient (Wildman–Crippen LogP) is 2.46. The lowest BCUT2D eigenvalue weighted by Crippen LogP contribution is -2.45. The molecule has 0 amide bonds. The molecule has 0 radical (unpaired) electrons. The summed E-state index contributed by atoms with van der Waals surface area (Å²) in [6.07, 6.45) is 0.116. The van der Waals surface area contributed by atoms with Crippen LogP contribution in [0.4, 0.5) is 5.69 Å². The van der Waals surface area contributed by atoms with Crippen LogP contribution in [0.15, 0.2) is 30.3 Å². The van der Waals surface area contributed by atoms with Gasteiger partial charge in [0.15, 0.2) is 0 Å². The van der Waals surface area contributed by atoms with Crippen LogP contribution in [-0.2, 0) is 0 Å². The summed E-state index contributed by atoms with van der Waals surface area (Å²) in [4.78, 5) is 7.26. The molecule has 0 aliphatic heterocycles. The van der Waals surface area contributed by atoms with Gasteiger partial charge in [-0.1, -0.05) is 39.0 Å². The minimum atomic E-state index is 0.116. The first-order chi connectivity index (χ1) is 10.6.